The van der Waals surface area contributed by atoms with Crippen LogP contribution in [0.5, 0.6) is 0 Å². The number of hydrogen-bond donors (Lipinski definition) is 1. The Labute approximate surface area is 148 Å². The normalized spacial score (nSPS) is 11.1. The number of ketones is 1. The monoisotopic (exact) mass is 329 g/mol. The van der Waals surface area contributed by atoms with Crippen LogP contribution in [-0.4, -0.2) is 12.3 Å². The predicted octanol–water partition coefficient (Wildman–Crippen LogP) is 6.78. The van der Waals surface area contributed by atoms with Crippen molar-refractivity contribution in [3.8, 4) is 0 Å². The maximum Gasteiger partial charge on any atom is 0.159 e. The van der Waals surface area contributed by atoms with E-state index in [9.17, 15) is 4.79 Å². The smallest absolute Gasteiger partial charge is 0.159 e. The van der Waals surface area contributed by atoms with E-state index in [0.29, 0.717) is 0 Å². The first kappa shape index (κ1) is 20.5. The second-order valence-corrected chi connectivity index (χ2v) is 6.58. The van der Waals surface area contributed by atoms with Gasteiger partial charge < -0.3 is 5.32 Å². The number of anilines is 1. The van der Waals surface area contributed by atoms with E-state index in [2.05, 4.69) is 24.4 Å². The van der Waals surface area contributed by atoms with E-state index >= 15 is 0 Å². The van der Waals surface area contributed by atoms with Gasteiger partial charge in [-0.15, -0.1) is 0 Å². The number of carbonyl (C=O) groups excluding carboxylic acids is 1. The van der Waals surface area contributed by atoms with Gasteiger partial charge in [-0.1, -0.05) is 57.6 Å². The molecule has 0 saturated heterocycles. The molecular formula is C22H35NO. The van der Waals surface area contributed by atoms with Crippen LogP contribution in [0.25, 0.3) is 0 Å². The van der Waals surface area contributed by atoms with Crippen molar-refractivity contribution in [1.29, 1.82) is 0 Å². The molecule has 0 amide bonds. The van der Waals surface area contributed by atoms with Crippen LogP contribution >= 0.6 is 0 Å². The Bertz CT molecular complexity index is 461. The third-order valence-electron chi connectivity index (χ3n) is 4.31. The van der Waals surface area contributed by atoms with Gasteiger partial charge in [-0.25, -0.2) is 0 Å². The van der Waals surface area contributed by atoms with E-state index in [4.69, 9.17) is 0 Å². The van der Waals surface area contributed by atoms with Crippen molar-refractivity contribution < 1.29 is 4.79 Å². The Kier molecular flexibility index (Phi) is 11.8. The molecule has 0 heterocycles. The van der Waals surface area contributed by atoms with Crippen LogP contribution in [0.15, 0.2) is 36.4 Å². The summed E-state index contributed by atoms with van der Waals surface area (Å²) in [6.45, 7) is 4.84. The third-order valence-corrected chi connectivity index (χ3v) is 4.31. The standard InChI is InChI=1S/C22H35NO/c1-3-4-5-6-7-8-9-10-11-12-13-14-19-23-22-17-15-21(16-18-22)20(2)24/h11-12,15-18,23H,3-10,13-14,19H2,1-2H3. The van der Waals surface area contributed by atoms with Gasteiger partial charge in [0, 0.05) is 17.8 Å². The van der Waals surface area contributed by atoms with Crippen LogP contribution in [0, 0.1) is 0 Å². The quantitative estimate of drug-likeness (QED) is 0.231. The highest BCUT2D eigenvalue weighted by Gasteiger charge is 1.98. The maximum absolute atomic E-state index is 11.2. The zero-order valence-corrected chi connectivity index (χ0v) is 15.7. The number of allylic oxidation sites excluding steroid dienone is 2. The molecule has 0 aromatic heterocycles. The van der Waals surface area contributed by atoms with Gasteiger partial charge in [0.1, 0.15) is 0 Å². The first-order valence-electron chi connectivity index (χ1n) is 9.74. The van der Waals surface area contributed by atoms with E-state index in [-0.39, 0.29) is 5.78 Å². The summed E-state index contributed by atoms with van der Waals surface area (Å²) in [5.74, 6) is 0.118. The molecule has 0 fully saturated rings. The lowest BCUT2D eigenvalue weighted by Gasteiger charge is -2.05. The van der Waals surface area contributed by atoms with Gasteiger partial charge in [0.25, 0.3) is 0 Å². The second-order valence-electron chi connectivity index (χ2n) is 6.58. The zero-order chi connectivity index (χ0) is 17.5. The fourth-order valence-electron chi connectivity index (χ4n) is 2.73. The van der Waals surface area contributed by atoms with Gasteiger partial charge in [0.15, 0.2) is 5.78 Å². The lowest BCUT2D eigenvalue weighted by atomic mass is 10.1. The van der Waals surface area contributed by atoms with Crippen molar-refractivity contribution in [3.05, 3.63) is 42.0 Å². The highest BCUT2D eigenvalue weighted by molar-refractivity contribution is 5.94. The second kappa shape index (κ2) is 13.8. The lowest BCUT2D eigenvalue weighted by Crippen LogP contribution is -2.01. The number of nitrogens with one attached hydrogen (secondary N) is 1. The van der Waals surface area contributed by atoms with Gasteiger partial charge in [0.2, 0.25) is 0 Å². The summed E-state index contributed by atoms with van der Waals surface area (Å²) in [5.41, 5.74) is 1.86. The van der Waals surface area contributed by atoms with Crippen LogP contribution in [0.1, 0.15) is 88.4 Å². The van der Waals surface area contributed by atoms with E-state index < -0.39 is 0 Å². The third kappa shape index (κ3) is 10.3. The van der Waals surface area contributed by atoms with Gasteiger partial charge in [-0.3, -0.25) is 4.79 Å². The van der Waals surface area contributed by atoms with Crippen molar-refractivity contribution in [1.82, 2.24) is 0 Å². The molecule has 1 aromatic carbocycles. The van der Waals surface area contributed by atoms with Crippen molar-refractivity contribution in [2.75, 3.05) is 11.9 Å². The van der Waals surface area contributed by atoms with Gasteiger partial charge in [-0.2, -0.15) is 0 Å². The highest BCUT2D eigenvalue weighted by atomic mass is 16.1. The zero-order valence-electron chi connectivity index (χ0n) is 15.7. The van der Waals surface area contributed by atoms with E-state index in [1.165, 1.54) is 51.4 Å². The number of unbranched alkanes of at least 4 members (excludes halogenated alkanes) is 8. The van der Waals surface area contributed by atoms with E-state index in [1.807, 2.05) is 24.3 Å². The number of benzene rings is 1. The molecule has 134 valence electrons. The summed E-state index contributed by atoms with van der Waals surface area (Å²) in [6.07, 6.45) is 17.8. The predicted molar refractivity (Wildman–Crippen MR) is 106 cm³/mol. The van der Waals surface area contributed by atoms with Crippen LogP contribution in [0.2, 0.25) is 0 Å². The SMILES string of the molecule is CCCCCCCCCC=CCCCNc1ccc(C(C)=O)cc1. The Morgan fingerprint density at radius 3 is 2.08 bits per heavy atom. The minimum Gasteiger partial charge on any atom is -0.385 e. The molecule has 0 aliphatic rings. The van der Waals surface area contributed by atoms with Gasteiger partial charge in [0.05, 0.1) is 0 Å². The Morgan fingerprint density at radius 1 is 0.875 bits per heavy atom. The number of rotatable bonds is 14. The van der Waals surface area contributed by atoms with E-state index in [0.717, 1.165) is 30.6 Å². The largest absolute Gasteiger partial charge is 0.385 e. The molecule has 0 atom stereocenters. The number of Topliss-reactive ketones (excluding diaryl/α,β-unsaturated/α-hetero) is 1. The fraction of sp³-hybridized carbons (Fsp3) is 0.591. The molecule has 2 nitrogen and oxygen atoms in total. The minimum atomic E-state index is 0.118. The summed E-state index contributed by atoms with van der Waals surface area (Å²) in [7, 11) is 0. The molecule has 0 aliphatic carbocycles. The highest BCUT2D eigenvalue weighted by Crippen LogP contribution is 2.11. The van der Waals surface area contributed by atoms with Crippen molar-refractivity contribution in [2.24, 2.45) is 0 Å². The summed E-state index contributed by atoms with van der Waals surface area (Å²) < 4.78 is 0. The topological polar surface area (TPSA) is 29.1 Å². The van der Waals surface area contributed by atoms with Crippen molar-refractivity contribution in [2.45, 2.75) is 78.1 Å². The number of hydrogen-bond acceptors (Lipinski definition) is 2. The first-order valence-corrected chi connectivity index (χ1v) is 9.74. The molecule has 0 saturated carbocycles. The molecule has 2 heteroatoms. The molecule has 0 radical (unpaired) electrons. The van der Waals surface area contributed by atoms with Gasteiger partial charge in [-0.05, 0) is 56.9 Å². The Morgan fingerprint density at radius 2 is 1.46 bits per heavy atom. The molecule has 0 bridgehead atoms. The maximum atomic E-state index is 11.2. The van der Waals surface area contributed by atoms with Crippen LogP contribution in [-0.2, 0) is 0 Å². The van der Waals surface area contributed by atoms with Crippen molar-refractivity contribution in [3.63, 3.8) is 0 Å². The summed E-state index contributed by atoms with van der Waals surface area (Å²) in [4.78, 5) is 11.2. The van der Waals surface area contributed by atoms with Crippen LogP contribution in [0.4, 0.5) is 5.69 Å². The van der Waals surface area contributed by atoms with Crippen LogP contribution < -0.4 is 5.32 Å². The minimum absolute atomic E-state index is 0.118. The molecule has 24 heavy (non-hydrogen) atoms. The molecule has 1 aromatic rings. The summed E-state index contributed by atoms with van der Waals surface area (Å²) in [5, 5.41) is 3.40. The Hall–Kier alpha value is -1.57. The molecular weight excluding hydrogens is 294 g/mol. The number of carbonyl (C=O) groups is 1. The fourth-order valence-corrected chi connectivity index (χ4v) is 2.73. The molecule has 1 rings (SSSR count). The van der Waals surface area contributed by atoms with Gasteiger partial charge >= 0.3 is 0 Å². The molecule has 1 N–H and O–H groups in total. The molecule has 0 aliphatic heterocycles. The van der Waals surface area contributed by atoms with Crippen molar-refractivity contribution >= 4 is 11.5 Å². The summed E-state index contributed by atoms with van der Waals surface area (Å²) in [6, 6.07) is 7.72. The average Bonchev–Trinajstić information content (AvgIpc) is 2.59. The average molecular weight is 330 g/mol. The van der Waals surface area contributed by atoms with E-state index in [1.54, 1.807) is 6.92 Å². The molecule has 0 unspecified atom stereocenters. The lowest BCUT2D eigenvalue weighted by molar-refractivity contribution is 0.101. The molecule has 0 spiro atoms. The first-order chi connectivity index (χ1) is 11.7. The summed E-state index contributed by atoms with van der Waals surface area (Å²) >= 11 is 0. The van der Waals surface area contributed by atoms with Crippen LogP contribution in [0.3, 0.4) is 0 Å². The Balaban J connectivity index is 1.95.